The summed E-state index contributed by atoms with van der Waals surface area (Å²) in [6, 6.07) is 42.3. The first-order chi connectivity index (χ1) is 20.7. The summed E-state index contributed by atoms with van der Waals surface area (Å²) in [5.74, 6) is -0.297. The molecule has 0 fully saturated rings. The maximum Gasteiger partial charge on any atom is 0.336 e. The molecule has 4 nitrogen and oxygen atoms in total. The smallest absolute Gasteiger partial charge is 0.336 e. The number of benzene rings is 6. The van der Waals surface area contributed by atoms with Crippen molar-refractivity contribution in [3.8, 4) is 22.6 Å². The highest BCUT2D eigenvalue weighted by Gasteiger charge is 2.21. The number of carbonyl (C=O) groups is 2. The highest BCUT2D eigenvalue weighted by molar-refractivity contribution is 6.11. The van der Waals surface area contributed by atoms with E-state index in [9.17, 15) is 9.59 Å². The van der Waals surface area contributed by atoms with Crippen molar-refractivity contribution in [2.24, 2.45) is 0 Å². The van der Waals surface area contributed by atoms with Crippen LogP contribution in [0.25, 0.3) is 44.8 Å². The van der Waals surface area contributed by atoms with Gasteiger partial charge in [-0.15, -0.1) is 0 Å². The van der Waals surface area contributed by atoms with Crippen molar-refractivity contribution in [2.75, 3.05) is 0 Å². The van der Waals surface area contributed by atoms with E-state index in [1.54, 1.807) is 24.3 Å². The van der Waals surface area contributed by atoms with E-state index in [2.05, 4.69) is 0 Å². The third-order valence-corrected chi connectivity index (χ3v) is 6.88. The predicted octanol–water partition coefficient (Wildman–Crippen LogP) is 8.90. The van der Waals surface area contributed by atoms with Gasteiger partial charge in [0.25, 0.3) is 0 Å². The van der Waals surface area contributed by atoms with Crippen LogP contribution in [0.15, 0.2) is 146 Å². The normalized spacial score (nSPS) is 11.3. The molecule has 0 unspecified atom stereocenters. The van der Waals surface area contributed by atoms with Crippen LogP contribution in [0.3, 0.4) is 0 Å². The molecular formula is C38H26O4. The van der Waals surface area contributed by atoms with Crippen molar-refractivity contribution >= 4 is 45.6 Å². The molecule has 0 aromatic heterocycles. The zero-order valence-electron chi connectivity index (χ0n) is 22.6. The van der Waals surface area contributed by atoms with E-state index in [0.29, 0.717) is 22.6 Å². The number of ether oxygens (including phenoxy) is 2. The van der Waals surface area contributed by atoms with Gasteiger partial charge in [-0.3, -0.25) is 0 Å². The van der Waals surface area contributed by atoms with Crippen molar-refractivity contribution in [3.05, 3.63) is 157 Å². The summed E-state index contributed by atoms with van der Waals surface area (Å²) in [6.07, 6.45) is 6.25. The molecule has 0 aliphatic rings. The summed E-state index contributed by atoms with van der Waals surface area (Å²) >= 11 is 0. The van der Waals surface area contributed by atoms with Gasteiger partial charge in [-0.2, -0.15) is 0 Å². The second-order valence-electron chi connectivity index (χ2n) is 9.65. The molecule has 0 heterocycles. The van der Waals surface area contributed by atoms with Gasteiger partial charge in [-0.05, 0) is 57.0 Å². The van der Waals surface area contributed by atoms with E-state index in [0.717, 1.165) is 32.7 Å². The lowest BCUT2D eigenvalue weighted by Gasteiger charge is -2.18. The van der Waals surface area contributed by atoms with Crippen LogP contribution < -0.4 is 9.47 Å². The van der Waals surface area contributed by atoms with Gasteiger partial charge in [0, 0.05) is 23.3 Å². The third-order valence-electron chi connectivity index (χ3n) is 6.88. The van der Waals surface area contributed by atoms with Crippen LogP contribution in [0.4, 0.5) is 0 Å². The Bertz CT molecular complexity index is 1810. The van der Waals surface area contributed by atoms with E-state index in [-0.39, 0.29) is 0 Å². The Morgan fingerprint density at radius 2 is 0.810 bits per heavy atom. The number of hydrogen-bond acceptors (Lipinski definition) is 4. The quantitative estimate of drug-likeness (QED) is 0.114. The molecule has 0 aliphatic carbocycles. The van der Waals surface area contributed by atoms with Crippen LogP contribution >= 0.6 is 0 Å². The van der Waals surface area contributed by atoms with Crippen LogP contribution in [0.1, 0.15) is 11.1 Å². The van der Waals surface area contributed by atoms with E-state index in [4.69, 9.17) is 9.47 Å². The molecule has 6 aromatic rings. The monoisotopic (exact) mass is 546 g/mol. The maximum atomic E-state index is 13.0. The fourth-order valence-electron chi connectivity index (χ4n) is 4.93. The number of carbonyl (C=O) groups excluding carboxylic acids is 2. The third kappa shape index (κ3) is 5.88. The Morgan fingerprint density at radius 3 is 1.24 bits per heavy atom. The van der Waals surface area contributed by atoms with E-state index >= 15 is 0 Å². The lowest BCUT2D eigenvalue weighted by molar-refractivity contribution is -0.129. The van der Waals surface area contributed by atoms with E-state index in [1.807, 2.05) is 121 Å². The Kier molecular flexibility index (Phi) is 7.69. The Hall–Kier alpha value is -5.74. The summed E-state index contributed by atoms with van der Waals surface area (Å²) < 4.78 is 11.9. The largest absolute Gasteiger partial charge is 0.423 e. The Morgan fingerprint density at radius 1 is 0.429 bits per heavy atom. The highest BCUT2D eigenvalue weighted by atomic mass is 16.5. The summed E-state index contributed by atoms with van der Waals surface area (Å²) in [5, 5.41) is 3.65. The maximum absolute atomic E-state index is 13.0. The lowest BCUT2D eigenvalue weighted by Crippen LogP contribution is -2.07. The minimum atomic E-state index is -0.514. The second kappa shape index (κ2) is 12.2. The SMILES string of the molecule is O=C(C=Cc1ccccc1)Oc1ccc2ccccc2c1-c1c(OC(=O)C=Cc2ccccc2)ccc2ccccc12. The van der Waals surface area contributed by atoms with E-state index in [1.165, 1.54) is 12.2 Å². The molecule has 0 spiro atoms. The fourth-order valence-corrected chi connectivity index (χ4v) is 4.93. The van der Waals surface area contributed by atoms with Crippen molar-refractivity contribution in [3.63, 3.8) is 0 Å². The van der Waals surface area contributed by atoms with Crippen LogP contribution in [0, 0.1) is 0 Å². The average molecular weight is 547 g/mol. The van der Waals surface area contributed by atoms with Gasteiger partial charge in [0.05, 0.1) is 0 Å². The molecule has 6 rings (SSSR count). The molecule has 0 saturated carbocycles. The fraction of sp³-hybridized carbons (Fsp3) is 0. The molecule has 0 atom stereocenters. The minimum absolute atomic E-state index is 0.366. The highest BCUT2D eigenvalue weighted by Crippen LogP contribution is 2.45. The second-order valence-corrected chi connectivity index (χ2v) is 9.65. The van der Waals surface area contributed by atoms with Gasteiger partial charge in [-0.25, -0.2) is 9.59 Å². The summed E-state index contributed by atoms with van der Waals surface area (Å²) in [7, 11) is 0. The number of hydrogen-bond donors (Lipinski definition) is 0. The lowest BCUT2D eigenvalue weighted by atomic mass is 9.92. The molecule has 0 bridgehead atoms. The van der Waals surface area contributed by atoms with Gasteiger partial charge in [-0.1, -0.05) is 121 Å². The Labute approximate surface area is 243 Å². The molecule has 0 saturated heterocycles. The molecule has 0 N–H and O–H groups in total. The van der Waals surface area contributed by atoms with Crippen molar-refractivity contribution in [1.29, 1.82) is 0 Å². The molecular weight excluding hydrogens is 520 g/mol. The minimum Gasteiger partial charge on any atom is -0.423 e. The van der Waals surface area contributed by atoms with Crippen LogP contribution in [-0.2, 0) is 9.59 Å². The molecule has 202 valence electrons. The topological polar surface area (TPSA) is 52.6 Å². The van der Waals surface area contributed by atoms with Gasteiger partial charge in [0.1, 0.15) is 11.5 Å². The van der Waals surface area contributed by atoms with Gasteiger partial charge in [0.2, 0.25) is 0 Å². The van der Waals surface area contributed by atoms with Gasteiger partial charge >= 0.3 is 11.9 Å². The summed E-state index contributed by atoms with van der Waals surface area (Å²) in [6.45, 7) is 0. The average Bonchev–Trinajstić information content (AvgIpc) is 3.04. The predicted molar refractivity (Wildman–Crippen MR) is 169 cm³/mol. The molecule has 0 amide bonds. The molecule has 0 aliphatic heterocycles. The summed E-state index contributed by atoms with van der Waals surface area (Å²) in [4.78, 5) is 26.1. The zero-order chi connectivity index (χ0) is 28.7. The molecule has 6 aromatic carbocycles. The zero-order valence-corrected chi connectivity index (χ0v) is 22.6. The van der Waals surface area contributed by atoms with Gasteiger partial charge in [0.15, 0.2) is 0 Å². The first-order valence-corrected chi connectivity index (χ1v) is 13.6. The molecule has 0 radical (unpaired) electrons. The van der Waals surface area contributed by atoms with Crippen LogP contribution in [-0.4, -0.2) is 11.9 Å². The summed E-state index contributed by atoms with van der Waals surface area (Å²) in [5.41, 5.74) is 3.11. The van der Waals surface area contributed by atoms with Crippen LogP contribution in [0.5, 0.6) is 11.5 Å². The van der Waals surface area contributed by atoms with Gasteiger partial charge < -0.3 is 9.47 Å². The number of rotatable bonds is 7. The first kappa shape index (κ1) is 26.5. The van der Waals surface area contributed by atoms with E-state index < -0.39 is 11.9 Å². The Balaban J connectivity index is 1.46. The number of fused-ring (bicyclic) bond motifs is 2. The van der Waals surface area contributed by atoms with Crippen molar-refractivity contribution < 1.29 is 19.1 Å². The number of esters is 2. The molecule has 4 heteroatoms. The molecule has 42 heavy (non-hydrogen) atoms. The van der Waals surface area contributed by atoms with Crippen molar-refractivity contribution in [2.45, 2.75) is 0 Å². The first-order valence-electron chi connectivity index (χ1n) is 13.6. The van der Waals surface area contributed by atoms with Crippen LogP contribution in [0.2, 0.25) is 0 Å². The van der Waals surface area contributed by atoms with Crippen molar-refractivity contribution in [1.82, 2.24) is 0 Å². The standard InChI is InChI=1S/C38H26O4/c39-35(25-19-27-11-3-1-4-12-27)41-33-23-21-29-15-7-9-17-31(29)37(33)38-32-18-10-8-16-30(32)22-24-34(38)42-36(40)26-20-28-13-5-2-6-14-28/h1-26H.